The molecule has 5 heteroatoms. The molecule has 2 heterocycles. The lowest BCUT2D eigenvalue weighted by atomic mass is 9.95. The standard InChI is InChI=1S/C15H16N2O2S/c1-19-15(18)13-11-4-2-3-5-12(11)20-14(13)17-10-6-8-16-9-7-10/h6-9H,2-5H2,1H3,(H,16,17). The molecule has 2 aromatic rings. The summed E-state index contributed by atoms with van der Waals surface area (Å²) in [5.41, 5.74) is 2.82. The van der Waals surface area contributed by atoms with Crippen LogP contribution in [-0.2, 0) is 17.6 Å². The topological polar surface area (TPSA) is 51.2 Å². The van der Waals surface area contributed by atoms with Gasteiger partial charge in [0.25, 0.3) is 0 Å². The van der Waals surface area contributed by atoms with Crippen molar-refractivity contribution in [3.63, 3.8) is 0 Å². The first kappa shape index (κ1) is 13.1. The van der Waals surface area contributed by atoms with Crippen molar-refractivity contribution in [1.82, 2.24) is 4.98 Å². The Bertz CT molecular complexity index is 622. The number of rotatable bonds is 3. The van der Waals surface area contributed by atoms with Crippen molar-refractivity contribution in [2.75, 3.05) is 12.4 Å². The predicted molar refractivity (Wildman–Crippen MR) is 79.8 cm³/mol. The molecule has 0 unspecified atom stereocenters. The molecule has 0 spiro atoms. The molecule has 3 rings (SSSR count). The first-order valence-electron chi connectivity index (χ1n) is 6.69. The van der Waals surface area contributed by atoms with Crippen molar-refractivity contribution in [1.29, 1.82) is 0 Å². The summed E-state index contributed by atoms with van der Waals surface area (Å²) < 4.78 is 4.95. The van der Waals surface area contributed by atoms with Gasteiger partial charge in [-0.05, 0) is 43.4 Å². The Hall–Kier alpha value is -1.88. The molecule has 1 aliphatic carbocycles. The van der Waals surface area contributed by atoms with Gasteiger partial charge in [0.05, 0.1) is 12.7 Å². The Balaban J connectivity index is 2.01. The maximum atomic E-state index is 12.1. The van der Waals surface area contributed by atoms with Crippen molar-refractivity contribution in [2.45, 2.75) is 25.7 Å². The summed E-state index contributed by atoms with van der Waals surface area (Å²) in [7, 11) is 1.44. The van der Waals surface area contributed by atoms with Crippen LogP contribution < -0.4 is 5.32 Å². The number of esters is 1. The number of hydrogen-bond donors (Lipinski definition) is 1. The average molecular weight is 288 g/mol. The van der Waals surface area contributed by atoms with E-state index in [1.807, 2.05) is 12.1 Å². The van der Waals surface area contributed by atoms with Crippen LogP contribution >= 0.6 is 11.3 Å². The molecule has 2 aromatic heterocycles. The van der Waals surface area contributed by atoms with E-state index in [0.717, 1.165) is 30.0 Å². The van der Waals surface area contributed by atoms with E-state index in [2.05, 4.69) is 10.3 Å². The van der Waals surface area contributed by atoms with E-state index in [1.165, 1.54) is 24.0 Å². The summed E-state index contributed by atoms with van der Waals surface area (Å²) in [4.78, 5) is 17.4. The highest BCUT2D eigenvalue weighted by molar-refractivity contribution is 7.16. The minimum atomic E-state index is -0.249. The number of anilines is 2. The van der Waals surface area contributed by atoms with Gasteiger partial charge < -0.3 is 10.1 Å². The Labute approximate surface area is 121 Å². The zero-order valence-electron chi connectivity index (χ0n) is 11.3. The number of aryl methyl sites for hydroxylation is 1. The van der Waals surface area contributed by atoms with Crippen molar-refractivity contribution in [3.8, 4) is 0 Å². The largest absolute Gasteiger partial charge is 0.465 e. The molecule has 1 N–H and O–H groups in total. The Kier molecular flexibility index (Phi) is 3.69. The second-order valence-corrected chi connectivity index (χ2v) is 5.87. The molecule has 0 atom stereocenters. The van der Waals surface area contributed by atoms with Crippen molar-refractivity contribution in [2.24, 2.45) is 0 Å². The van der Waals surface area contributed by atoms with E-state index in [0.29, 0.717) is 5.56 Å². The van der Waals surface area contributed by atoms with Crippen molar-refractivity contribution in [3.05, 3.63) is 40.5 Å². The quantitative estimate of drug-likeness (QED) is 0.878. The monoisotopic (exact) mass is 288 g/mol. The summed E-state index contributed by atoms with van der Waals surface area (Å²) in [6, 6.07) is 3.78. The van der Waals surface area contributed by atoms with Gasteiger partial charge in [0, 0.05) is 23.0 Å². The lowest BCUT2D eigenvalue weighted by Crippen LogP contribution is -2.09. The Morgan fingerprint density at radius 3 is 2.80 bits per heavy atom. The van der Waals surface area contributed by atoms with Gasteiger partial charge in [-0.25, -0.2) is 4.79 Å². The Morgan fingerprint density at radius 2 is 2.05 bits per heavy atom. The summed E-state index contributed by atoms with van der Waals surface area (Å²) in [6.07, 6.45) is 7.82. The number of fused-ring (bicyclic) bond motifs is 1. The van der Waals surface area contributed by atoms with Gasteiger partial charge in [0.1, 0.15) is 5.00 Å². The number of carbonyl (C=O) groups excluding carboxylic acids is 1. The van der Waals surface area contributed by atoms with Crippen molar-refractivity contribution < 1.29 is 9.53 Å². The zero-order valence-corrected chi connectivity index (χ0v) is 12.1. The normalized spacial score (nSPS) is 13.7. The van der Waals surface area contributed by atoms with Gasteiger partial charge in [-0.15, -0.1) is 11.3 Å². The smallest absolute Gasteiger partial charge is 0.341 e. The highest BCUT2D eigenvalue weighted by atomic mass is 32.1. The molecule has 4 nitrogen and oxygen atoms in total. The number of methoxy groups -OCH3 is 1. The van der Waals surface area contributed by atoms with E-state index < -0.39 is 0 Å². The predicted octanol–water partition coefficient (Wildman–Crippen LogP) is 3.55. The van der Waals surface area contributed by atoms with E-state index >= 15 is 0 Å². The fourth-order valence-corrected chi connectivity index (χ4v) is 3.84. The average Bonchev–Trinajstić information content (AvgIpc) is 2.85. The first-order valence-corrected chi connectivity index (χ1v) is 7.51. The Morgan fingerprint density at radius 1 is 1.30 bits per heavy atom. The number of carbonyl (C=O) groups is 1. The van der Waals surface area contributed by atoms with Gasteiger partial charge in [0.2, 0.25) is 0 Å². The molecule has 1 aliphatic rings. The molecule has 0 saturated heterocycles. The van der Waals surface area contributed by atoms with Crippen LogP contribution in [0.15, 0.2) is 24.5 Å². The fourth-order valence-electron chi connectivity index (χ4n) is 2.54. The van der Waals surface area contributed by atoms with Crippen LogP contribution in [0.2, 0.25) is 0 Å². The highest BCUT2D eigenvalue weighted by Gasteiger charge is 2.25. The van der Waals surface area contributed by atoms with Crippen LogP contribution in [0, 0.1) is 0 Å². The van der Waals surface area contributed by atoms with Gasteiger partial charge in [0.15, 0.2) is 0 Å². The lowest BCUT2D eigenvalue weighted by Gasteiger charge is -2.11. The first-order chi connectivity index (χ1) is 9.79. The summed E-state index contributed by atoms with van der Waals surface area (Å²) >= 11 is 1.67. The fraction of sp³-hybridized carbons (Fsp3) is 0.333. The highest BCUT2D eigenvalue weighted by Crippen LogP contribution is 2.39. The van der Waals surface area contributed by atoms with Crippen LogP contribution in [0.5, 0.6) is 0 Å². The van der Waals surface area contributed by atoms with E-state index in [9.17, 15) is 4.79 Å². The number of nitrogens with zero attached hydrogens (tertiary/aromatic N) is 1. The molecule has 20 heavy (non-hydrogen) atoms. The second-order valence-electron chi connectivity index (χ2n) is 4.77. The SMILES string of the molecule is COC(=O)c1c(Nc2ccncc2)sc2c1CCCC2. The second kappa shape index (κ2) is 5.63. The molecule has 0 aliphatic heterocycles. The third-order valence-corrected chi connectivity index (χ3v) is 4.71. The summed E-state index contributed by atoms with van der Waals surface area (Å²) in [6.45, 7) is 0. The van der Waals surface area contributed by atoms with Gasteiger partial charge in [-0.2, -0.15) is 0 Å². The molecule has 0 fully saturated rings. The molecule has 0 aromatic carbocycles. The van der Waals surface area contributed by atoms with E-state index in [4.69, 9.17) is 4.74 Å². The van der Waals surface area contributed by atoms with E-state index in [-0.39, 0.29) is 5.97 Å². The number of pyridine rings is 1. The minimum absolute atomic E-state index is 0.249. The molecule has 0 bridgehead atoms. The number of hydrogen-bond acceptors (Lipinski definition) is 5. The number of aromatic nitrogens is 1. The maximum absolute atomic E-state index is 12.1. The molecular formula is C15H16N2O2S. The minimum Gasteiger partial charge on any atom is -0.465 e. The number of nitrogens with one attached hydrogen (secondary N) is 1. The molecule has 0 saturated carbocycles. The van der Waals surface area contributed by atoms with Gasteiger partial charge in [-0.3, -0.25) is 4.98 Å². The van der Waals surface area contributed by atoms with Crippen LogP contribution in [0.3, 0.4) is 0 Å². The van der Waals surface area contributed by atoms with Crippen LogP contribution in [-0.4, -0.2) is 18.1 Å². The summed E-state index contributed by atoms with van der Waals surface area (Å²) in [5, 5.41) is 4.21. The summed E-state index contributed by atoms with van der Waals surface area (Å²) in [5.74, 6) is -0.249. The molecule has 104 valence electrons. The van der Waals surface area contributed by atoms with Crippen molar-refractivity contribution >= 4 is 28.0 Å². The third-order valence-electron chi connectivity index (χ3n) is 3.50. The maximum Gasteiger partial charge on any atom is 0.341 e. The molecule has 0 radical (unpaired) electrons. The number of thiophene rings is 1. The zero-order chi connectivity index (χ0) is 13.9. The van der Waals surface area contributed by atoms with Gasteiger partial charge >= 0.3 is 5.97 Å². The van der Waals surface area contributed by atoms with Crippen LogP contribution in [0.4, 0.5) is 10.7 Å². The molecule has 0 amide bonds. The van der Waals surface area contributed by atoms with Gasteiger partial charge in [-0.1, -0.05) is 0 Å². The number of ether oxygens (including phenoxy) is 1. The molecular weight excluding hydrogens is 272 g/mol. The van der Waals surface area contributed by atoms with Crippen LogP contribution in [0.25, 0.3) is 0 Å². The van der Waals surface area contributed by atoms with E-state index in [1.54, 1.807) is 23.7 Å². The van der Waals surface area contributed by atoms with Crippen LogP contribution in [0.1, 0.15) is 33.6 Å². The third kappa shape index (κ3) is 2.41. The lowest BCUT2D eigenvalue weighted by molar-refractivity contribution is 0.0601.